The molecule has 0 saturated heterocycles. The zero-order valence-electron chi connectivity index (χ0n) is 8.17. The molecular formula is C9H10N4OS. The van der Waals surface area contributed by atoms with Gasteiger partial charge in [0, 0.05) is 18.5 Å². The summed E-state index contributed by atoms with van der Waals surface area (Å²) < 4.78 is 1.69. The Morgan fingerprint density at radius 2 is 2.47 bits per heavy atom. The smallest absolute Gasteiger partial charge is 0.178 e. The van der Waals surface area contributed by atoms with Crippen molar-refractivity contribution in [3.05, 3.63) is 28.3 Å². The molecule has 0 atom stereocenters. The normalized spacial score (nSPS) is 10.5. The molecule has 2 aromatic rings. The molecule has 0 saturated carbocycles. The van der Waals surface area contributed by atoms with Crippen molar-refractivity contribution in [1.82, 2.24) is 14.8 Å². The van der Waals surface area contributed by atoms with Gasteiger partial charge in [-0.3, -0.25) is 9.48 Å². The number of nitrogen functional groups attached to an aromatic ring is 1. The van der Waals surface area contributed by atoms with Crippen molar-refractivity contribution in [1.29, 1.82) is 0 Å². The number of ketones is 1. The minimum Gasteiger partial charge on any atom is -0.382 e. The van der Waals surface area contributed by atoms with Crippen LogP contribution in [0, 0.1) is 0 Å². The van der Waals surface area contributed by atoms with Crippen LogP contribution in [0.4, 0.5) is 5.82 Å². The van der Waals surface area contributed by atoms with E-state index in [1.807, 2.05) is 0 Å². The highest BCUT2D eigenvalue weighted by molar-refractivity contribution is 7.09. The maximum atomic E-state index is 11.0. The van der Waals surface area contributed by atoms with E-state index in [4.69, 9.17) is 5.73 Å². The number of rotatable bonds is 3. The zero-order valence-corrected chi connectivity index (χ0v) is 8.99. The second-order valence-corrected chi connectivity index (χ2v) is 4.06. The molecular weight excluding hydrogens is 212 g/mol. The van der Waals surface area contributed by atoms with E-state index in [1.54, 1.807) is 22.3 Å². The fourth-order valence-corrected chi connectivity index (χ4v) is 1.97. The number of aromatic nitrogens is 3. The van der Waals surface area contributed by atoms with Crippen LogP contribution in [0.5, 0.6) is 0 Å². The molecule has 0 aromatic carbocycles. The number of nitrogens with two attached hydrogens (primary N) is 1. The fourth-order valence-electron chi connectivity index (χ4n) is 1.15. The molecule has 0 aliphatic carbocycles. The lowest BCUT2D eigenvalue weighted by Crippen LogP contribution is -2.01. The summed E-state index contributed by atoms with van der Waals surface area (Å²) in [6, 6.07) is 1.72. The van der Waals surface area contributed by atoms with Crippen LogP contribution in [0.15, 0.2) is 17.6 Å². The van der Waals surface area contributed by atoms with Gasteiger partial charge in [0.05, 0.1) is 6.54 Å². The first-order chi connectivity index (χ1) is 7.15. The van der Waals surface area contributed by atoms with Crippen molar-refractivity contribution in [2.24, 2.45) is 0 Å². The summed E-state index contributed by atoms with van der Waals surface area (Å²) in [5.74, 6) is 0.468. The Kier molecular flexibility index (Phi) is 2.51. The topological polar surface area (TPSA) is 73.8 Å². The van der Waals surface area contributed by atoms with E-state index in [0.29, 0.717) is 18.1 Å². The van der Waals surface area contributed by atoms with Crippen LogP contribution in [0.2, 0.25) is 0 Å². The summed E-state index contributed by atoms with van der Waals surface area (Å²) in [5, 5.41) is 6.64. The second kappa shape index (κ2) is 3.82. The molecule has 0 bridgehead atoms. The molecule has 0 aliphatic rings. The summed E-state index contributed by atoms with van der Waals surface area (Å²) >= 11 is 1.45. The lowest BCUT2D eigenvalue weighted by Gasteiger charge is -1.95. The lowest BCUT2D eigenvalue weighted by molar-refractivity contribution is 0.101. The Hall–Kier alpha value is -1.69. The molecule has 0 radical (unpaired) electrons. The van der Waals surface area contributed by atoms with Gasteiger partial charge in [-0.25, -0.2) is 4.98 Å². The van der Waals surface area contributed by atoms with E-state index in [1.165, 1.54) is 18.3 Å². The Morgan fingerprint density at radius 3 is 3.00 bits per heavy atom. The third-order valence-electron chi connectivity index (χ3n) is 1.87. The number of Topliss-reactive ketones (excluding diaryl/α,β-unsaturated/α-hetero) is 1. The Labute approximate surface area is 90.6 Å². The maximum Gasteiger partial charge on any atom is 0.178 e. The molecule has 0 aliphatic heterocycles. The van der Waals surface area contributed by atoms with Gasteiger partial charge in [0.15, 0.2) is 5.78 Å². The standard InChI is InChI=1S/C9H10N4OS/c1-6(14)7-5-15-9(11-7)4-13-3-2-8(10)12-13/h2-3,5H,4H2,1H3,(H2,10,12). The molecule has 0 amide bonds. The first-order valence-electron chi connectivity index (χ1n) is 4.39. The van der Waals surface area contributed by atoms with Crippen LogP contribution in [-0.2, 0) is 6.54 Å². The largest absolute Gasteiger partial charge is 0.382 e. The maximum absolute atomic E-state index is 11.0. The molecule has 2 rings (SSSR count). The molecule has 6 heteroatoms. The van der Waals surface area contributed by atoms with Gasteiger partial charge in [0.25, 0.3) is 0 Å². The highest BCUT2D eigenvalue weighted by Gasteiger charge is 2.06. The predicted octanol–water partition coefficient (Wildman–Crippen LogP) is 1.17. The lowest BCUT2D eigenvalue weighted by atomic mass is 10.4. The number of hydrogen-bond donors (Lipinski definition) is 1. The van der Waals surface area contributed by atoms with Crippen molar-refractivity contribution in [2.75, 3.05) is 5.73 Å². The van der Waals surface area contributed by atoms with Gasteiger partial charge in [-0.2, -0.15) is 5.10 Å². The molecule has 2 N–H and O–H groups in total. The van der Waals surface area contributed by atoms with E-state index in [2.05, 4.69) is 10.1 Å². The molecule has 0 spiro atoms. The Bertz CT molecular complexity index is 488. The van der Waals surface area contributed by atoms with Crippen LogP contribution in [0.25, 0.3) is 0 Å². The number of anilines is 1. The van der Waals surface area contributed by atoms with Crippen LogP contribution in [0.3, 0.4) is 0 Å². The van der Waals surface area contributed by atoms with Gasteiger partial charge in [-0.15, -0.1) is 11.3 Å². The Balaban J connectivity index is 2.14. The van der Waals surface area contributed by atoms with E-state index >= 15 is 0 Å². The second-order valence-electron chi connectivity index (χ2n) is 3.12. The van der Waals surface area contributed by atoms with Crippen molar-refractivity contribution in [3.8, 4) is 0 Å². The van der Waals surface area contributed by atoms with Gasteiger partial charge in [-0.1, -0.05) is 0 Å². The number of hydrogen-bond acceptors (Lipinski definition) is 5. The zero-order chi connectivity index (χ0) is 10.8. The van der Waals surface area contributed by atoms with Gasteiger partial charge in [-0.05, 0) is 6.07 Å². The van der Waals surface area contributed by atoms with Crippen LogP contribution < -0.4 is 5.73 Å². The summed E-state index contributed by atoms with van der Waals surface area (Å²) in [6.07, 6.45) is 1.78. The average Bonchev–Trinajstić information content (AvgIpc) is 2.76. The quantitative estimate of drug-likeness (QED) is 0.791. The minimum atomic E-state index is -0.0162. The van der Waals surface area contributed by atoms with Crippen LogP contribution in [-0.4, -0.2) is 20.5 Å². The predicted molar refractivity (Wildman–Crippen MR) is 57.9 cm³/mol. The highest BCUT2D eigenvalue weighted by Crippen LogP contribution is 2.11. The highest BCUT2D eigenvalue weighted by atomic mass is 32.1. The summed E-state index contributed by atoms with van der Waals surface area (Å²) in [4.78, 5) is 15.2. The number of carbonyl (C=O) groups excluding carboxylic acids is 1. The molecule has 0 unspecified atom stereocenters. The number of thiazole rings is 1. The molecule has 15 heavy (non-hydrogen) atoms. The Morgan fingerprint density at radius 1 is 1.67 bits per heavy atom. The summed E-state index contributed by atoms with van der Waals surface area (Å²) in [7, 11) is 0. The molecule has 2 heterocycles. The third kappa shape index (κ3) is 2.21. The summed E-state index contributed by atoms with van der Waals surface area (Å²) in [5.41, 5.74) is 5.99. The first-order valence-corrected chi connectivity index (χ1v) is 5.27. The SMILES string of the molecule is CC(=O)c1csc(Cn2ccc(N)n2)n1. The van der Waals surface area contributed by atoms with E-state index in [0.717, 1.165) is 5.01 Å². The van der Waals surface area contributed by atoms with Crippen molar-refractivity contribution in [2.45, 2.75) is 13.5 Å². The van der Waals surface area contributed by atoms with Crippen LogP contribution in [0.1, 0.15) is 22.4 Å². The molecule has 0 fully saturated rings. The average molecular weight is 222 g/mol. The van der Waals surface area contributed by atoms with E-state index in [-0.39, 0.29) is 5.78 Å². The molecule has 2 aromatic heterocycles. The van der Waals surface area contributed by atoms with Crippen molar-refractivity contribution < 1.29 is 4.79 Å². The minimum absolute atomic E-state index is 0.0162. The third-order valence-corrected chi connectivity index (χ3v) is 2.70. The van der Waals surface area contributed by atoms with E-state index in [9.17, 15) is 4.79 Å². The fraction of sp³-hybridized carbons (Fsp3) is 0.222. The van der Waals surface area contributed by atoms with Crippen LogP contribution >= 0.6 is 11.3 Å². The number of carbonyl (C=O) groups is 1. The monoisotopic (exact) mass is 222 g/mol. The number of nitrogens with zero attached hydrogens (tertiary/aromatic N) is 3. The molecule has 78 valence electrons. The van der Waals surface area contributed by atoms with Gasteiger partial charge in [0.2, 0.25) is 0 Å². The van der Waals surface area contributed by atoms with Gasteiger partial charge >= 0.3 is 0 Å². The first kappa shape index (κ1) is 9.85. The van der Waals surface area contributed by atoms with Gasteiger partial charge < -0.3 is 5.73 Å². The van der Waals surface area contributed by atoms with Gasteiger partial charge in [0.1, 0.15) is 16.5 Å². The molecule has 5 nitrogen and oxygen atoms in total. The summed E-state index contributed by atoms with van der Waals surface area (Å²) in [6.45, 7) is 2.06. The van der Waals surface area contributed by atoms with Crippen molar-refractivity contribution >= 4 is 22.9 Å². The van der Waals surface area contributed by atoms with Crippen molar-refractivity contribution in [3.63, 3.8) is 0 Å². The van der Waals surface area contributed by atoms with E-state index < -0.39 is 0 Å².